The first kappa shape index (κ1) is 20.4. The van der Waals surface area contributed by atoms with Crippen LogP contribution in [0.25, 0.3) is 11.3 Å². The van der Waals surface area contributed by atoms with Crippen LogP contribution in [-0.4, -0.2) is 58.6 Å². The Morgan fingerprint density at radius 1 is 1.09 bits per heavy atom. The molecule has 172 valence electrons. The van der Waals surface area contributed by atoms with Crippen molar-refractivity contribution in [1.82, 2.24) is 19.7 Å². The summed E-state index contributed by atoms with van der Waals surface area (Å²) in [7, 11) is 0. The smallest absolute Gasteiger partial charge is 0.387 e. The Balaban J connectivity index is 1.24. The van der Waals surface area contributed by atoms with Gasteiger partial charge in [0.15, 0.2) is 11.6 Å². The highest BCUT2D eigenvalue weighted by Crippen LogP contribution is 2.64. The summed E-state index contributed by atoms with van der Waals surface area (Å²) < 4.78 is 37.7. The average Bonchev–Trinajstić information content (AvgIpc) is 3.08. The van der Waals surface area contributed by atoms with Gasteiger partial charge in [-0.25, -0.2) is 4.98 Å². The normalized spacial score (nSPS) is 30.3. The summed E-state index contributed by atoms with van der Waals surface area (Å²) in [6, 6.07) is 4.74. The van der Waals surface area contributed by atoms with E-state index in [1.54, 1.807) is 12.3 Å². The maximum atomic E-state index is 12.8. The first-order valence-electron chi connectivity index (χ1n) is 11.7. The Kier molecular flexibility index (Phi) is 5.06. The number of alkyl halides is 2. The molecule has 3 aliphatic carbocycles. The van der Waals surface area contributed by atoms with E-state index in [-0.39, 0.29) is 11.6 Å². The first-order valence-corrected chi connectivity index (χ1v) is 11.7. The second-order valence-electron chi connectivity index (χ2n) is 9.60. The largest absolute Gasteiger partial charge is 0.431 e. The Morgan fingerprint density at radius 2 is 1.84 bits per heavy atom. The van der Waals surface area contributed by atoms with Gasteiger partial charge in [0, 0.05) is 36.8 Å². The number of morpholine rings is 1. The van der Waals surface area contributed by atoms with Crippen LogP contribution in [0.1, 0.15) is 49.8 Å². The number of nitrogens with zero attached hydrogens (tertiary/aromatic N) is 4. The highest BCUT2D eigenvalue weighted by Gasteiger charge is 2.58. The maximum Gasteiger partial charge on any atom is 0.387 e. The molecule has 6 rings (SSSR count). The van der Waals surface area contributed by atoms with Crippen LogP contribution in [0, 0.1) is 11.8 Å². The van der Waals surface area contributed by atoms with Crippen LogP contribution in [0.2, 0.25) is 0 Å². The molecular weight excluding hydrogens is 416 g/mol. The van der Waals surface area contributed by atoms with E-state index in [9.17, 15) is 8.78 Å². The predicted molar refractivity (Wildman–Crippen MR) is 115 cm³/mol. The zero-order chi connectivity index (χ0) is 21.8. The second-order valence-corrected chi connectivity index (χ2v) is 9.60. The number of hydrogen-bond acceptors (Lipinski definition) is 6. The predicted octanol–water partition coefficient (Wildman–Crippen LogP) is 3.68. The molecular formula is C23H29F2N5O2. The fourth-order valence-electron chi connectivity index (χ4n) is 5.98. The van der Waals surface area contributed by atoms with Crippen molar-refractivity contribution in [2.75, 3.05) is 32.0 Å². The molecule has 9 heteroatoms. The third-order valence-electron chi connectivity index (χ3n) is 7.89. The molecule has 0 bridgehead atoms. The number of anilines is 1. The molecule has 0 radical (unpaired) electrons. The summed E-state index contributed by atoms with van der Waals surface area (Å²) >= 11 is 0. The molecule has 2 N–H and O–H groups in total. The molecule has 3 heterocycles. The zero-order valence-electron chi connectivity index (χ0n) is 18.0. The van der Waals surface area contributed by atoms with Crippen LogP contribution >= 0.6 is 0 Å². The third kappa shape index (κ3) is 3.55. The van der Waals surface area contributed by atoms with Gasteiger partial charge in [0.2, 0.25) is 0 Å². The van der Waals surface area contributed by atoms with Crippen LogP contribution in [0.4, 0.5) is 14.6 Å². The van der Waals surface area contributed by atoms with Crippen molar-refractivity contribution in [2.24, 2.45) is 11.8 Å². The van der Waals surface area contributed by atoms with E-state index in [1.807, 2.05) is 0 Å². The fraction of sp³-hybridized carbons (Fsp3) is 0.652. The van der Waals surface area contributed by atoms with Gasteiger partial charge in [-0.2, -0.15) is 13.9 Å². The van der Waals surface area contributed by atoms with E-state index in [0.717, 1.165) is 56.1 Å². The summed E-state index contributed by atoms with van der Waals surface area (Å²) in [6.45, 7) is 0.839. The van der Waals surface area contributed by atoms with Gasteiger partial charge in [-0.3, -0.25) is 9.58 Å². The zero-order valence-corrected chi connectivity index (χ0v) is 18.0. The van der Waals surface area contributed by atoms with Crippen LogP contribution in [0.5, 0.6) is 5.75 Å². The number of hydrogen-bond donors (Lipinski definition) is 1. The van der Waals surface area contributed by atoms with Crippen LogP contribution < -0.4 is 10.5 Å². The molecule has 0 amide bonds. The second kappa shape index (κ2) is 7.95. The number of ether oxygens (including phenoxy) is 2. The molecule has 4 fully saturated rings. The number of fused-ring (bicyclic) bond motifs is 1. The van der Waals surface area contributed by atoms with Crippen LogP contribution in [0.15, 0.2) is 18.3 Å². The van der Waals surface area contributed by atoms with E-state index < -0.39 is 6.61 Å². The fourth-order valence-corrected chi connectivity index (χ4v) is 5.98. The third-order valence-corrected chi connectivity index (χ3v) is 7.89. The van der Waals surface area contributed by atoms with Gasteiger partial charge in [-0.15, -0.1) is 0 Å². The van der Waals surface area contributed by atoms with E-state index in [2.05, 4.69) is 25.4 Å². The Morgan fingerprint density at radius 3 is 2.50 bits per heavy atom. The summed E-state index contributed by atoms with van der Waals surface area (Å²) in [5, 5.41) is 5.04. The monoisotopic (exact) mass is 445 g/mol. The molecule has 7 nitrogen and oxygen atoms in total. The molecule has 32 heavy (non-hydrogen) atoms. The lowest BCUT2D eigenvalue weighted by atomic mass is 9.93. The molecule has 1 saturated heterocycles. The van der Waals surface area contributed by atoms with Crippen molar-refractivity contribution in [3.63, 3.8) is 0 Å². The van der Waals surface area contributed by atoms with Gasteiger partial charge in [-0.05, 0) is 56.1 Å². The molecule has 2 unspecified atom stereocenters. The summed E-state index contributed by atoms with van der Waals surface area (Å²) in [5.41, 5.74) is 8.52. The number of halogens is 2. The quantitative estimate of drug-likeness (QED) is 0.731. The molecule has 0 spiro atoms. The van der Waals surface area contributed by atoms with Crippen LogP contribution in [-0.2, 0) is 4.74 Å². The molecule has 4 aliphatic rings. The average molecular weight is 446 g/mol. The van der Waals surface area contributed by atoms with E-state index in [1.165, 1.54) is 19.3 Å². The molecule has 3 saturated carbocycles. The molecule has 2 aromatic heterocycles. The van der Waals surface area contributed by atoms with Gasteiger partial charge >= 0.3 is 6.61 Å². The number of aromatic nitrogens is 3. The Bertz CT molecular complexity index is 977. The minimum absolute atomic E-state index is 0.0325. The lowest BCUT2D eigenvalue weighted by Gasteiger charge is -2.33. The number of nitrogen functional groups attached to an aromatic ring is 1. The van der Waals surface area contributed by atoms with Crippen LogP contribution in [0.3, 0.4) is 0 Å². The van der Waals surface area contributed by atoms with Gasteiger partial charge in [0.05, 0.1) is 30.6 Å². The number of rotatable bonds is 6. The summed E-state index contributed by atoms with van der Waals surface area (Å²) in [6.07, 6.45) is 7.47. The summed E-state index contributed by atoms with van der Waals surface area (Å²) in [4.78, 5) is 6.70. The van der Waals surface area contributed by atoms with Crippen molar-refractivity contribution < 1.29 is 18.3 Å². The van der Waals surface area contributed by atoms with Crippen molar-refractivity contribution in [1.29, 1.82) is 0 Å². The van der Waals surface area contributed by atoms with Crippen molar-refractivity contribution in [3.8, 4) is 17.0 Å². The molecule has 2 atom stereocenters. The Labute approximate surface area is 185 Å². The minimum Gasteiger partial charge on any atom is -0.431 e. The standard InChI is InChI=1S/C23H29F2N5O2/c24-23(25)32-20-8-13(12-27-22(20)26)19-11-18(28-30(19)14-2-1-3-14)21-16-9-15(10-17(16)21)29-4-6-31-7-5-29/h8,11-12,14-17,21,23H,1-7,9-10H2,(H2,26,27). The van der Waals surface area contributed by atoms with E-state index in [0.29, 0.717) is 29.8 Å². The van der Waals surface area contributed by atoms with Crippen molar-refractivity contribution in [2.45, 2.75) is 56.7 Å². The highest BCUT2D eigenvalue weighted by atomic mass is 19.3. The van der Waals surface area contributed by atoms with Crippen molar-refractivity contribution >= 4 is 5.82 Å². The van der Waals surface area contributed by atoms with E-state index >= 15 is 0 Å². The van der Waals surface area contributed by atoms with Gasteiger partial charge in [-0.1, -0.05) is 0 Å². The maximum absolute atomic E-state index is 12.8. The minimum atomic E-state index is -2.94. The Hall–Kier alpha value is -2.26. The molecule has 2 aromatic rings. The first-order chi connectivity index (χ1) is 15.6. The number of pyridine rings is 1. The van der Waals surface area contributed by atoms with Gasteiger partial charge in [0.25, 0.3) is 0 Å². The molecule has 0 aromatic carbocycles. The number of nitrogens with two attached hydrogens (primary N) is 1. The lowest BCUT2D eigenvalue weighted by molar-refractivity contribution is -0.0494. The molecule has 1 aliphatic heterocycles. The summed E-state index contributed by atoms with van der Waals surface area (Å²) in [5.74, 6) is 1.78. The van der Waals surface area contributed by atoms with Gasteiger partial charge < -0.3 is 15.2 Å². The van der Waals surface area contributed by atoms with E-state index in [4.69, 9.17) is 15.6 Å². The van der Waals surface area contributed by atoms with Gasteiger partial charge in [0.1, 0.15) is 0 Å². The van der Waals surface area contributed by atoms with Crippen molar-refractivity contribution in [3.05, 3.63) is 24.0 Å². The lowest BCUT2D eigenvalue weighted by Crippen LogP contribution is -2.43. The SMILES string of the molecule is Nc1ncc(-c2cc(C3C4CC(N5CCOCC5)CC43)nn2C2CCC2)cc1OC(F)F. The highest BCUT2D eigenvalue weighted by molar-refractivity contribution is 5.65. The topological polar surface area (TPSA) is 78.4 Å².